The van der Waals surface area contributed by atoms with Crippen molar-refractivity contribution < 1.29 is 13.2 Å². The molecule has 0 saturated carbocycles. The second kappa shape index (κ2) is 7.44. The van der Waals surface area contributed by atoms with Gasteiger partial charge >= 0.3 is 0 Å². The zero-order valence-corrected chi connectivity index (χ0v) is 17.1. The molecule has 0 aliphatic carbocycles. The van der Waals surface area contributed by atoms with Gasteiger partial charge in [-0.1, -0.05) is 37.3 Å². The highest BCUT2D eigenvalue weighted by Crippen LogP contribution is 2.32. The first-order valence-electron chi connectivity index (χ1n) is 9.23. The first-order valence-corrected chi connectivity index (χ1v) is 10.7. The molecule has 1 atom stereocenters. The zero-order valence-electron chi connectivity index (χ0n) is 16.3. The molecule has 1 aliphatic rings. The van der Waals surface area contributed by atoms with Crippen LogP contribution in [-0.2, 0) is 21.2 Å². The van der Waals surface area contributed by atoms with Crippen LogP contribution in [0.5, 0.6) is 0 Å². The molecule has 144 valence electrons. The average Bonchev–Trinajstić information content (AvgIpc) is 2.97. The predicted octanol–water partition coefficient (Wildman–Crippen LogP) is 3.29. The topological polar surface area (TPSA) is 57.7 Å². The third-order valence-corrected chi connectivity index (χ3v) is 7.16. The Morgan fingerprint density at radius 3 is 2.59 bits per heavy atom. The maximum Gasteiger partial charge on any atom is 0.243 e. The van der Waals surface area contributed by atoms with Crippen molar-refractivity contribution in [1.29, 1.82) is 0 Å². The number of likely N-dealkylation sites (N-methyl/N-ethyl adjacent to an activating group) is 1. The van der Waals surface area contributed by atoms with Crippen LogP contribution in [0.15, 0.2) is 47.4 Å². The summed E-state index contributed by atoms with van der Waals surface area (Å²) < 4.78 is 27.6. The van der Waals surface area contributed by atoms with E-state index >= 15 is 0 Å². The summed E-state index contributed by atoms with van der Waals surface area (Å²) in [6, 6.07) is 13.2. The van der Waals surface area contributed by atoms with E-state index in [0.717, 1.165) is 23.2 Å². The van der Waals surface area contributed by atoms with Gasteiger partial charge in [0, 0.05) is 18.3 Å². The van der Waals surface area contributed by atoms with Crippen molar-refractivity contribution >= 4 is 21.6 Å². The number of anilines is 1. The summed E-state index contributed by atoms with van der Waals surface area (Å²) in [6.07, 6.45) is 0.789. The number of aryl methyl sites for hydroxylation is 2. The van der Waals surface area contributed by atoms with Gasteiger partial charge in [0.2, 0.25) is 15.9 Å². The lowest BCUT2D eigenvalue weighted by Crippen LogP contribution is -2.45. The van der Waals surface area contributed by atoms with Crippen LogP contribution in [0.4, 0.5) is 5.69 Å². The molecule has 0 saturated heterocycles. The van der Waals surface area contributed by atoms with E-state index in [-0.39, 0.29) is 29.9 Å². The number of hydrogen-bond donors (Lipinski definition) is 0. The number of nitrogens with zero attached hydrogens (tertiary/aromatic N) is 2. The van der Waals surface area contributed by atoms with E-state index in [1.165, 1.54) is 4.31 Å². The molecule has 0 radical (unpaired) electrons. The lowest BCUT2D eigenvalue weighted by atomic mass is 10.1. The van der Waals surface area contributed by atoms with Crippen molar-refractivity contribution in [3.8, 4) is 0 Å². The molecule has 0 spiro atoms. The Labute approximate surface area is 161 Å². The number of carbonyl (C=O) groups is 1. The smallest absolute Gasteiger partial charge is 0.243 e. The predicted molar refractivity (Wildman–Crippen MR) is 107 cm³/mol. The van der Waals surface area contributed by atoms with Crippen LogP contribution >= 0.6 is 0 Å². The maximum absolute atomic E-state index is 13.2. The summed E-state index contributed by atoms with van der Waals surface area (Å²) in [5.41, 5.74) is 3.57. The highest BCUT2D eigenvalue weighted by molar-refractivity contribution is 7.89. The van der Waals surface area contributed by atoms with Crippen LogP contribution in [0.1, 0.15) is 30.5 Å². The highest BCUT2D eigenvalue weighted by Gasteiger charge is 2.34. The third kappa shape index (κ3) is 3.64. The zero-order chi connectivity index (χ0) is 19.8. The molecule has 1 aliphatic heterocycles. The molecule has 1 heterocycles. The molecule has 1 amide bonds. The van der Waals surface area contributed by atoms with Crippen LogP contribution < -0.4 is 4.90 Å². The van der Waals surface area contributed by atoms with Crippen molar-refractivity contribution in [2.75, 3.05) is 18.0 Å². The van der Waals surface area contributed by atoms with E-state index in [1.807, 2.05) is 44.2 Å². The average molecular weight is 387 g/mol. The Hall–Kier alpha value is -2.18. The summed E-state index contributed by atoms with van der Waals surface area (Å²) >= 11 is 0. The number of fused-ring (bicyclic) bond motifs is 1. The molecule has 0 bridgehead atoms. The Bertz CT molecular complexity index is 969. The number of sulfonamides is 1. The Morgan fingerprint density at radius 2 is 1.89 bits per heavy atom. The van der Waals surface area contributed by atoms with E-state index in [9.17, 15) is 13.2 Å². The summed E-state index contributed by atoms with van der Waals surface area (Å²) in [5.74, 6) is -0.191. The molecule has 6 heteroatoms. The lowest BCUT2D eigenvalue weighted by Gasteiger charge is -2.27. The van der Waals surface area contributed by atoms with Gasteiger partial charge in [-0.2, -0.15) is 4.31 Å². The van der Waals surface area contributed by atoms with E-state index in [2.05, 4.69) is 0 Å². The fourth-order valence-electron chi connectivity index (χ4n) is 3.66. The van der Waals surface area contributed by atoms with Crippen LogP contribution in [0.25, 0.3) is 0 Å². The largest absolute Gasteiger partial charge is 0.308 e. The molecular weight excluding hydrogens is 360 g/mol. The minimum absolute atomic E-state index is 0.0250. The number of amides is 1. The van der Waals surface area contributed by atoms with Gasteiger partial charge in [-0.3, -0.25) is 4.79 Å². The molecule has 2 aromatic rings. The van der Waals surface area contributed by atoms with Gasteiger partial charge in [-0.05, 0) is 56.0 Å². The highest BCUT2D eigenvalue weighted by atomic mass is 32.2. The summed E-state index contributed by atoms with van der Waals surface area (Å²) in [6.45, 7) is 7.48. The fraction of sp³-hybridized carbons (Fsp3) is 0.381. The third-order valence-electron chi connectivity index (χ3n) is 5.10. The second-order valence-electron chi connectivity index (χ2n) is 7.15. The van der Waals surface area contributed by atoms with Gasteiger partial charge in [0.1, 0.15) is 0 Å². The van der Waals surface area contributed by atoms with E-state index < -0.39 is 10.0 Å². The van der Waals surface area contributed by atoms with E-state index in [0.29, 0.717) is 5.56 Å². The first kappa shape index (κ1) is 19.6. The molecule has 0 N–H and O–H groups in total. The van der Waals surface area contributed by atoms with Gasteiger partial charge in [-0.25, -0.2) is 8.42 Å². The summed E-state index contributed by atoms with van der Waals surface area (Å²) in [4.78, 5) is 15.0. The fourth-order valence-corrected chi connectivity index (χ4v) is 5.37. The van der Waals surface area contributed by atoms with Crippen molar-refractivity contribution in [3.63, 3.8) is 0 Å². The van der Waals surface area contributed by atoms with Crippen molar-refractivity contribution in [1.82, 2.24) is 4.31 Å². The SMILES string of the molecule is CCN(CC(=O)N1c2ccccc2C[C@H]1C)S(=O)(=O)c1cc(C)ccc1C. The number of hydrogen-bond acceptors (Lipinski definition) is 3. The Kier molecular flexibility index (Phi) is 5.40. The molecular formula is C21H26N2O3S. The number of carbonyl (C=O) groups excluding carboxylic acids is 1. The van der Waals surface area contributed by atoms with Gasteiger partial charge in [0.25, 0.3) is 0 Å². The second-order valence-corrected chi connectivity index (χ2v) is 9.05. The van der Waals surface area contributed by atoms with Crippen LogP contribution in [0, 0.1) is 13.8 Å². The molecule has 2 aromatic carbocycles. The minimum Gasteiger partial charge on any atom is -0.308 e. The Morgan fingerprint density at radius 1 is 1.19 bits per heavy atom. The molecule has 0 unspecified atom stereocenters. The minimum atomic E-state index is -3.74. The van der Waals surface area contributed by atoms with Crippen molar-refractivity contribution in [2.45, 2.75) is 45.1 Å². The van der Waals surface area contributed by atoms with Crippen LogP contribution in [-0.4, -0.2) is 37.8 Å². The van der Waals surface area contributed by atoms with Crippen LogP contribution in [0.3, 0.4) is 0 Å². The van der Waals surface area contributed by atoms with Gasteiger partial charge in [0.05, 0.1) is 11.4 Å². The number of benzene rings is 2. The van der Waals surface area contributed by atoms with Crippen molar-refractivity contribution in [2.24, 2.45) is 0 Å². The maximum atomic E-state index is 13.2. The van der Waals surface area contributed by atoms with Crippen LogP contribution in [0.2, 0.25) is 0 Å². The normalized spacial score (nSPS) is 16.6. The molecule has 0 aromatic heterocycles. The summed E-state index contributed by atoms with van der Waals surface area (Å²) in [7, 11) is -3.74. The molecule has 5 nitrogen and oxygen atoms in total. The van der Waals surface area contributed by atoms with Crippen molar-refractivity contribution in [3.05, 3.63) is 59.2 Å². The lowest BCUT2D eigenvalue weighted by molar-refractivity contribution is -0.119. The van der Waals surface area contributed by atoms with E-state index in [1.54, 1.807) is 30.9 Å². The number of para-hydroxylation sites is 1. The summed E-state index contributed by atoms with van der Waals surface area (Å²) in [5, 5.41) is 0. The standard InChI is InChI=1S/C21H26N2O3S/c1-5-22(27(25,26)20-12-15(2)10-11-16(20)3)14-21(24)23-17(4)13-18-8-6-7-9-19(18)23/h6-12,17H,5,13-14H2,1-4H3/t17-/m1/s1. The molecule has 27 heavy (non-hydrogen) atoms. The first-order chi connectivity index (χ1) is 12.8. The van der Waals surface area contributed by atoms with E-state index in [4.69, 9.17) is 0 Å². The number of rotatable bonds is 5. The quantitative estimate of drug-likeness (QED) is 0.792. The molecule has 0 fully saturated rings. The molecule has 3 rings (SSSR count). The van der Waals surface area contributed by atoms with Gasteiger partial charge < -0.3 is 4.90 Å². The monoisotopic (exact) mass is 386 g/mol. The van der Waals surface area contributed by atoms with Gasteiger partial charge in [-0.15, -0.1) is 0 Å². The van der Waals surface area contributed by atoms with Gasteiger partial charge in [0.15, 0.2) is 0 Å². The Balaban J connectivity index is 1.89.